The fourth-order valence-electron chi connectivity index (χ4n) is 4.35. The van der Waals surface area contributed by atoms with Crippen LogP contribution in [0.2, 0.25) is 0 Å². The number of nitrogens with zero attached hydrogens (tertiary/aromatic N) is 2. The molecule has 5 heteroatoms. The second kappa shape index (κ2) is 7.00. The van der Waals surface area contributed by atoms with Crippen molar-refractivity contribution >= 4 is 11.8 Å². The standard InChI is InChI=1S/C20H27N5/c21-14-8-4-9-15(12-14)23-19-17-11-5-10-16(13-6-2-1-3-7-13)18(17)24-20(22)25-19/h1-3,6-7,14-16H,4-5,8-12,21H2,(H3,22,23,24,25). The Kier molecular flexibility index (Phi) is 4.57. The molecule has 0 radical (unpaired) electrons. The number of hydrogen-bond acceptors (Lipinski definition) is 5. The highest BCUT2D eigenvalue weighted by atomic mass is 15.1. The van der Waals surface area contributed by atoms with Crippen molar-refractivity contribution in [1.82, 2.24) is 9.97 Å². The molecule has 0 aliphatic heterocycles. The molecule has 0 spiro atoms. The summed E-state index contributed by atoms with van der Waals surface area (Å²) in [7, 11) is 0. The van der Waals surface area contributed by atoms with Crippen LogP contribution in [0.25, 0.3) is 0 Å². The number of nitrogens with one attached hydrogen (secondary N) is 1. The van der Waals surface area contributed by atoms with Crippen LogP contribution in [0.3, 0.4) is 0 Å². The monoisotopic (exact) mass is 337 g/mol. The summed E-state index contributed by atoms with van der Waals surface area (Å²) >= 11 is 0. The molecule has 5 nitrogen and oxygen atoms in total. The van der Waals surface area contributed by atoms with Crippen molar-refractivity contribution in [2.45, 2.75) is 62.9 Å². The van der Waals surface area contributed by atoms with Crippen molar-refractivity contribution in [3.8, 4) is 0 Å². The first-order valence-electron chi connectivity index (χ1n) is 9.44. The lowest BCUT2D eigenvalue weighted by molar-refractivity contribution is 0.408. The summed E-state index contributed by atoms with van der Waals surface area (Å²) in [6, 6.07) is 11.3. The van der Waals surface area contributed by atoms with Crippen molar-refractivity contribution in [3.05, 3.63) is 47.2 Å². The molecule has 2 aromatic rings. The average molecular weight is 337 g/mol. The zero-order valence-corrected chi connectivity index (χ0v) is 14.6. The Morgan fingerprint density at radius 1 is 1.00 bits per heavy atom. The second-order valence-corrected chi connectivity index (χ2v) is 7.42. The van der Waals surface area contributed by atoms with Crippen LogP contribution in [0.1, 0.15) is 61.3 Å². The molecule has 132 valence electrons. The third kappa shape index (κ3) is 3.47. The lowest BCUT2D eigenvalue weighted by Gasteiger charge is -2.31. The summed E-state index contributed by atoms with van der Waals surface area (Å²) in [5.41, 5.74) is 15.9. The van der Waals surface area contributed by atoms with Crippen LogP contribution in [-0.2, 0) is 6.42 Å². The lowest BCUT2D eigenvalue weighted by atomic mass is 9.82. The minimum atomic E-state index is 0.290. The lowest BCUT2D eigenvalue weighted by Crippen LogP contribution is -2.35. The van der Waals surface area contributed by atoms with E-state index in [-0.39, 0.29) is 0 Å². The Morgan fingerprint density at radius 2 is 1.84 bits per heavy atom. The number of benzene rings is 1. The van der Waals surface area contributed by atoms with Gasteiger partial charge in [-0.05, 0) is 50.5 Å². The summed E-state index contributed by atoms with van der Waals surface area (Å²) in [4.78, 5) is 9.19. The van der Waals surface area contributed by atoms with Crippen molar-refractivity contribution in [2.24, 2.45) is 5.73 Å². The van der Waals surface area contributed by atoms with Gasteiger partial charge >= 0.3 is 0 Å². The number of anilines is 2. The second-order valence-electron chi connectivity index (χ2n) is 7.42. The molecule has 2 aliphatic rings. The van der Waals surface area contributed by atoms with E-state index in [1.54, 1.807) is 0 Å². The van der Waals surface area contributed by atoms with E-state index < -0.39 is 0 Å². The summed E-state index contributed by atoms with van der Waals surface area (Å²) in [6.07, 6.45) is 7.72. The first-order valence-corrected chi connectivity index (χ1v) is 9.44. The Morgan fingerprint density at radius 3 is 2.64 bits per heavy atom. The molecule has 25 heavy (non-hydrogen) atoms. The van der Waals surface area contributed by atoms with E-state index in [2.05, 4.69) is 45.6 Å². The first kappa shape index (κ1) is 16.3. The highest BCUT2D eigenvalue weighted by Crippen LogP contribution is 2.38. The van der Waals surface area contributed by atoms with Gasteiger partial charge in [0.1, 0.15) is 5.82 Å². The van der Waals surface area contributed by atoms with Gasteiger partial charge in [0.15, 0.2) is 0 Å². The van der Waals surface area contributed by atoms with E-state index in [9.17, 15) is 0 Å². The van der Waals surface area contributed by atoms with Crippen LogP contribution < -0.4 is 16.8 Å². The fourth-order valence-corrected chi connectivity index (χ4v) is 4.35. The van der Waals surface area contributed by atoms with Crippen LogP contribution in [0.4, 0.5) is 11.8 Å². The Labute approximate surface area is 149 Å². The number of nitrogen functional groups attached to an aromatic ring is 1. The minimum absolute atomic E-state index is 0.290. The van der Waals surface area contributed by atoms with Crippen LogP contribution in [-0.4, -0.2) is 22.1 Å². The van der Waals surface area contributed by atoms with Crippen molar-refractivity contribution in [1.29, 1.82) is 0 Å². The van der Waals surface area contributed by atoms with E-state index in [1.807, 2.05) is 0 Å². The van der Waals surface area contributed by atoms with Crippen molar-refractivity contribution < 1.29 is 0 Å². The Hall–Kier alpha value is -2.14. The van der Waals surface area contributed by atoms with Gasteiger partial charge in [0.05, 0.1) is 5.69 Å². The first-order chi connectivity index (χ1) is 12.2. The molecule has 5 N–H and O–H groups in total. The van der Waals surface area contributed by atoms with Gasteiger partial charge in [0.2, 0.25) is 5.95 Å². The molecular formula is C20H27N5. The number of fused-ring (bicyclic) bond motifs is 1. The maximum absolute atomic E-state index is 6.15. The molecule has 3 atom stereocenters. The van der Waals surface area contributed by atoms with E-state index in [0.717, 1.165) is 50.0 Å². The molecule has 2 aliphatic carbocycles. The summed E-state index contributed by atoms with van der Waals surface area (Å²) < 4.78 is 0. The molecule has 1 saturated carbocycles. The van der Waals surface area contributed by atoms with Gasteiger partial charge in [-0.2, -0.15) is 4.98 Å². The van der Waals surface area contributed by atoms with Crippen LogP contribution in [0.15, 0.2) is 30.3 Å². The molecule has 1 heterocycles. The molecule has 4 rings (SSSR count). The maximum atomic E-state index is 6.15. The highest BCUT2D eigenvalue weighted by molar-refractivity contribution is 5.54. The quantitative estimate of drug-likeness (QED) is 0.800. The zero-order chi connectivity index (χ0) is 17.2. The molecule has 3 unspecified atom stereocenters. The number of hydrogen-bond donors (Lipinski definition) is 3. The minimum Gasteiger partial charge on any atom is -0.368 e. The van der Waals surface area contributed by atoms with Crippen molar-refractivity contribution in [3.63, 3.8) is 0 Å². The van der Waals surface area contributed by atoms with Gasteiger partial charge in [-0.1, -0.05) is 30.3 Å². The Balaban J connectivity index is 1.67. The highest BCUT2D eigenvalue weighted by Gasteiger charge is 2.28. The third-order valence-corrected chi connectivity index (χ3v) is 5.56. The molecule has 0 amide bonds. The topological polar surface area (TPSA) is 89.8 Å². The molecule has 0 bridgehead atoms. The Bertz CT molecular complexity index is 730. The number of aromatic nitrogens is 2. The third-order valence-electron chi connectivity index (χ3n) is 5.56. The van der Waals surface area contributed by atoms with Gasteiger partial charge in [-0.25, -0.2) is 4.98 Å². The van der Waals surface area contributed by atoms with Gasteiger partial charge in [-0.15, -0.1) is 0 Å². The van der Waals surface area contributed by atoms with Gasteiger partial charge < -0.3 is 16.8 Å². The van der Waals surface area contributed by atoms with Gasteiger partial charge in [-0.3, -0.25) is 0 Å². The SMILES string of the molecule is Nc1nc(NC2CCCC(N)C2)c2c(n1)C(c1ccccc1)CCC2. The normalized spacial score (nSPS) is 26.0. The predicted octanol–water partition coefficient (Wildman–Crippen LogP) is 3.21. The van der Waals surface area contributed by atoms with Crippen LogP contribution in [0, 0.1) is 0 Å². The number of rotatable bonds is 3. The summed E-state index contributed by atoms with van der Waals surface area (Å²) in [5.74, 6) is 1.61. The van der Waals surface area contributed by atoms with Crippen LogP contribution >= 0.6 is 0 Å². The van der Waals surface area contributed by atoms with Gasteiger partial charge in [0, 0.05) is 23.6 Å². The maximum Gasteiger partial charge on any atom is 0.222 e. The zero-order valence-electron chi connectivity index (χ0n) is 14.6. The summed E-state index contributed by atoms with van der Waals surface area (Å²) in [5, 5.41) is 3.64. The molecule has 1 aromatic heterocycles. The van der Waals surface area contributed by atoms with Gasteiger partial charge in [0.25, 0.3) is 0 Å². The average Bonchev–Trinajstić information content (AvgIpc) is 2.62. The molecule has 1 fully saturated rings. The van der Waals surface area contributed by atoms with E-state index in [4.69, 9.17) is 11.5 Å². The van der Waals surface area contributed by atoms with E-state index in [0.29, 0.717) is 23.9 Å². The van der Waals surface area contributed by atoms with E-state index in [1.165, 1.54) is 17.5 Å². The summed E-state index contributed by atoms with van der Waals surface area (Å²) in [6.45, 7) is 0. The smallest absolute Gasteiger partial charge is 0.222 e. The molecular weight excluding hydrogens is 310 g/mol. The molecule has 0 saturated heterocycles. The van der Waals surface area contributed by atoms with Crippen molar-refractivity contribution in [2.75, 3.05) is 11.1 Å². The number of nitrogens with two attached hydrogens (primary N) is 2. The predicted molar refractivity (Wildman–Crippen MR) is 102 cm³/mol. The van der Waals surface area contributed by atoms with E-state index >= 15 is 0 Å². The largest absolute Gasteiger partial charge is 0.368 e. The fraction of sp³-hybridized carbons (Fsp3) is 0.500. The van der Waals surface area contributed by atoms with Crippen LogP contribution in [0.5, 0.6) is 0 Å². The molecule has 1 aromatic carbocycles.